The van der Waals surface area contributed by atoms with Crippen LogP contribution in [0.1, 0.15) is 46.1 Å². The smallest absolute Gasteiger partial charge is 0.119 e. The maximum absolute atomic E-state index is 5.35. The molecule has 1 rings (SSSR count). The molecule has 0 atom stereocenters. The van der Waals surface area contributed by atoms with E-state index in [4.69, 9.17) is 4.74 Å². The highest BCUT2D eigenvalue weighted by Crippen LogP contribution is 2.34. The lowest BCUT2D eigenvalue weighted by Gasteiger charge is -2.33. The van der Waals surface area contributed by atoms with Crippen molar-refractivity contribution in [1.29, 1.82) is 0 Å². The minimum Gasteiger partial charge on any atom is -0.497 e. The molecule has 0 fully saturated rings. The van der Waals surface area contributed by atoms with Crippen LogP contribution in [0.2, 0.25) is 0 Å². The Hall–Kier alpha value is -0.540. The molecule has 0 heterocycles. The van der Waals surface area contributed by atoms with E-state index in [2.05, 4.69) is 61.1 Å². The summed E-state index contributed by atoms with van der Waals surface area (Å²) in [5.74, 6) is 0.932. The van der Waals surface area contributed by atoms with Crippen LogP contribution in [0.15, 0.2) is 22.7 Å². The second-order valence-corrected chi connectivity index (χ2v) is 6.73. The maximum atomic E-state index is 5.35. The van der Waals surface area contributed by atoms with E-state index in [1.807, 2.05) is 6.07 Å². The minimum atomic E-state index is 0.305. The molecule has 3 heteroatoms. The fraction of sp³-hybridized carbons (Fsp3) is 0.647. The number of benzene rings is 1. The molecular formula is C17H28BrNO. The third kappa shape index (κ3) is 4.78. The molecule has 0 spiro atoms. The summed E-state index contributed by atoms with van der Waals surface area (Å²) in [4.78, 5) is 0. The van der Waals surface area contributed by atoms with Crippen LogP contribution in [0.5, 0.6) is 5.75 Å². The first-order valence-electron chi connectivity index (χ1n) is 7.52. The number of rotatable bonds is 8. The summed E-state index contributed by atoms with van der Waals surface area (Å²) in [6.45, 7) is 10.1. The molecule has 0 aromatic heterocycles. The van der Waals surface area contributed by atoms with Crippen molar-refractivity contribution in [1.82, 2.24) is 5.32 Å². The van der Waals surface area contributed by atoms with Crippen LogP contribution in [-0.4, -0.2) is 19.7 Å². The van der Waals surface area contributed by atoms with Gasteiger partial charge in [-0.3, -0.25) is 0 Å². The predicted molar refractivity (Wildman–Crippen MR) is 90.6 cm³/mol. The van der Waals surface area contributed by atoms with Gasteiger partial charge in [-0.15, -0.1) is 0 Å². The zero-order valence-corrected chi connectivity index (χ0v) is 15.0. The SMILES string of the molecule is CCC(CC)(CNC(C)C)Cc1cc(OC)ccc1Br. The van der Waals surface area contributed by atoms with Crippen LogP contribution in [0.4, 0.5) is 0 Å². The van der Waals surface area contributed by atoms with Crippen LogP contribution in [0.3, 0.4) is 0 Å². The van der Waals surface area contributed by atoms with Crippen LogP contribution in [-0.2, 0) is 6.42 Å². The lowest BCUT2D eigenvalue weighted by Crippen LogP contribution is -2.38. The number of ether oxygens (including phenoxy) is 1. The number of halogens is 1. The molecule has 2 nitrogen and oxygen atoms in total. The van der Waals surface area contributed by atoms with Gasteiger partial charge in [-0.05, 0) is 48.4 Å². The van der Waals surface area contributed by atoms with Gasteiger partial charge >= 0.3 is 0 Å². The highest BCUT2D eigenvalue weighted by Gasteiger charge is 2.27. The molecule has 1 aromatic rings. The Morgan fingerprint density at radius 3 is 2.40 bits per heavy atom. The minimum absolute atomic E-state index is 0.305. The van der Waals surface area contributed by atoms with Crippen molar-refractivity contribution < 1.29 is 4.74 Å². The van der Waals surface area contributed by atoms with E-state index in [1.165, 1.54) is 22.9 Å². The van der Waals surface area contributed by atoms with Gasteiger partial charge < -0.3 is 10.1 Å². The quantitative estimate of drug-likeness (QED) is 0.732. The van der Waals surface area contributed by atoms with Gasteiger partial charge in [-0.2, -0.15) is 0 Å². The lowest BCUT2D eigenvalue weighted by molar-refractivity contribution is 0.239. The zero-order valence-electron chi connectivity index (χ0n) is 13.4. The summed E-state index contributed by atoms with van der Waals surface area (Å²) in [6.07, 6.45) is 3.41. The lowest BCUT2D eigenvalue weighted by atomic mass is 9.76. The zero-order chi connectivity index (χ0) is 15.2. The Morgan fingerprint density at radius 1 is 1.25 bits per heavy atom. The summed E-state index contributed by atoms with van der Waals surface area (Å²) in [5, 5.41) is 3.61. The highest BCUT2D eigenvalue weighted by molar-refractivity contribution is 9.10. The van der Waals surface area contributed by atoms with Gasteiger partial charge in [-0.1, -0.05) is 43.6 Å². The molecular weight excluding hydrogens is 314 g/mol. The van der Waals surface area contributed by atoms with E-state index in [-0.39, 0.29) is 0 Å². The van der Waals surface area contributed by atoms with Gasteiger partial charge in [0.05, 0.1) is 7.11 Å². The largest absolute Gasteiger partial charge is 0.497 e. The van der Waals surface area contributed by atoms with E-state index in [1.54, 1.807) is 7.11 Å². The van der Waals surface area contributed by atoms with Crippen molar-refractivity contribution in [3.63, 3.8) is 0 Å². The summed E-state index contributed by atoms with van der Waals surface area (Å²) in [7, 11) is 1.72. The number of hydrogen-bond donors (Lipinski definition) is 1. The average molecular weight is 342 g/mol. The third-order valence-electron chi connectivity index (χ3n) is 4.20. The van der Waals surface area contributed by atoms with Crippen molar-refractivity contribution in [2.24, 2.45) is 5.41 Å². The van der Waals surface area contributed by atoms with E-state index in [0.717, 1.165) is 18.7 Å². The van der Waals surface area contributed by atoms with Gasteiger partial charge in [0.1, 0.15) is 5.75 Å². The Morgan fingerprint density at radius 2 is 1.90 bits per heavy atom. The fourth-order valence-corrected chi connectivity index (χ4v) is 2.84. The second kappa shape index (κ2) is 8.04. The van der Waals surface area contributed by atoms with Crippen molar-refractivity contribution >= 4 is 15.9 Å². The molecule has 114 valence electrons. The van der Waals surface area contributed by atoms with Gasteiger partial charge in [0.25, 0.3) is 0 Å². The summed E-state index contributed by atoms with van der Waals surface area (Å²) < 4.78 is 6.53. The van der Waals surface area contributed by atoms with Crippen LogP contribution < -0.4 is 10.1 Å². The predicted octanol–water partition coefficient (Wildman–Crippen LogP) is 4.80. The van der Waals surface area contributed by atoms with Gasteiger partial charge in [-0.25, -0.2) is 0 Å². The molecule has 0 aliphatic heterocycles. The van der Waals surface area contributed by atoms with E-state index >= 15 is 0 Å². The van der Waals surface area contributed by atoms with Crippen LogP contribution in [0.25, 0.3) is 0 Å². The molecule has 0 saturated carbocycles. The van der Waals surface area contributed by atoms with Crippen molar-refractivity contribution in [2.75, 3.05) is 13.7 Å². The maximum Gasteiger partial charge on any atom is 0.119 e. The number of methoxy groups -OCH3 is 1. The van der Waals surface area contributed by atoms with Crippen LogP contribution in [0, 0.1) is 5.41 Å². The van der Waals surface area contributed by atoms with Gasteiger partial charge in [0.2, 0.25) is 0 Å². The van der Waals surface area contributed by atoms with Crippen LogP contribution >= 0.6 is 15.9 Å². The van der Waals surface area contributed by atoms with Gasteiger partial charge in [0, 0.05) is 17.1 Å². The van der Waals surface area contributed by atoms with Crippen molar-refractivity contribution in [2.45, 2.75) is 53.0 Å². The molecule has 20 heavy (non-hydrogen) atoms. The molecule has 1 aromatic carbocycles. The Kier molecular flexibility index (Phi) is 7.04. The monoisotopic (exact) mass is 341 g/mol. The fourth-order valence-electron chi connectivity index (χ4n) is 2.45. The first-order valence-corrected chi connectivity index (χ1v) is 8.31. The molecule has 0 amide bonds. The van der Waals surface area contributed by atoms with E-state index in [0.29, 0.717) is 11.5 Å². The Balaban J connectivity index is 2.94. The topological polar surface area (TPSA) is 21.3 Å². The summed E-state index contributed by atoms with van der Waals surface area (Å²) in [5.41, 5.74) is 1.64. The Bertz CT molecular complexity index is 413. The summed E-state index contributed by atoms with van der Waals surface area (Å²) in [6, 6.07) is 6.76. The number of nitrogens with one attached hydrogen (secondary N) is 1. The molecule has 0 radical (unpaired) electrons. The molecule has 0 saturated heterocycles. The molecule has 0 bridgehead atoms. The summed E-state index contributed by atoms with van der Waals surface area (Å²) >= 11 is 3.67. The molecule has 0 aliphatic carbocycles. The van der Waals surface area contributed by atoms with Crippen molar-refractivity contribution in [3.05, 3.63) is 28.2 Å². The first kappa shape index (κ1) is 17.5. The van der Waals surface area contributed by atoms with E-state index in [9.17, 15) is 0 Å². The highest BCUT2D eigenvalue weighted by atomic mass is 79.9. The molecule has 0 aliphatic rings. The Labute approximate surface area is 132 Å². The second-order valence-electron chi connectivity index (χ2n) is 5.88. The normalized spacial score (nSPS) is 11.9. The average Bonchev–Trinajstić information content (AvgIpc) is 2.45. The van der Waals surface area contributed by atoms with E-state index < -0.39 is 0 Å². The van der Waals surface area contributed by atoms with Crippen molar-refractivity contribution in [3.8, 4) is 5.75 Å². The molecule has 1 N–H and O–H groups in total. The number of hydrogen-bond acceptors (Lipinski definition) is 2. The first-order chi connectivity index (χ1) is 9.46. The standard InChI is InChI=1S/C17H28BrNO/c1-6-17(7-2,12-19-13(3)4)11-14-10-15(20-5)8-9-16(14)18/h8-10,13,19H,6-7,11-12H2,1-5H3. The molecule has 0 unspecified atom stereocenters. The third-order valence-corrected chi connectivity index (χ3v) is 4.98. The van der Waals surface area contributed by atoms with Gasteiger partial charge in [0.15, 0.2) is 0 Å².